The summed E-state index contributed by atoms with van der Waals surface area (Å²) in [6.45, 7) is 8.77. The minimum atomic E-state index is -0.178. The molecule has 0 saturated heterocycles. The topological polar surface area (TPSA) is 58.4 Å². The predicted molar refractivity (Wildman–Crippen MR) is 84.3 cm³/mol. The highest BCUT2D eigenvalue weighted by atomic mass is 16.2. The quantitative estimate of drug-likeness (QED) is 0.785. The van der Waals surface area contributed by atoms with Crippen LogP contribution in [0.5, 0.6) is 0 Å². The Bertz CT molecular complexity index is 457. The van der Waals surface area contributed by atoms with E-state index in [1.807, 2.05) is 57.0 Å². The van der Waals surface area contributed by atoms with Crippen molar-refractivity contribution in [3.8, 4) is 0 Å². The fraction of sp³-hybridized carbons (Fsp3) is 0.562. The van der Waals surface area contributed by atoms with Crippen molar-refractivity contribution >= 4 is 11.6 Å². The van der Waals surface area contributed by atoms with Gasteiger partial charge in [-0.1, -0.05) is 19.1 Å². The summed E-state index contributed by atoms with van der Waals surface area (Å²) in [4.78, 5) is 14.3. The van der Waals surface area contributed by atoms with Crippen molar-refractivity contribution in [3.05, 3.63) is 29.8 Å². The Morgan fingerprint density at radius 2 is 2.10 bits per heavy atom. The van der Waals surface area contributed by atoms with Crippen molar-refractivity contribution in [3.63, 3.8) is 0 Å². The number of nitrogens with zero attached hydrogens (tertiary/aromatic N) is 1. The van der Waals surface area contributed by atoms with Crippen LogP contribution in [-0.4, -0.2) is 29.4 Å². The number of likely N-dealkylation sites (N-methyl/N-ethyl adjacent to an activating group) is 1. The summed E-state index contributed by atoms with van der Waals surface area (Å²) in [6.07, 6.45) is 0.907. The molecule has 3 N–H and O–H groups in total. The second-order valence-corrected chi connectivity index (χ2v) is 6.06. The molecule has 0 aromatic heterocycles. The summed E-state index contributed by atoms with van der Waals surface area (Å²) >= 11 is 0. The van der Waals surface area contributed by atoms with Crippen LogP contribution in [0.3, 0.4) is 0 Å². The van der Waals surface area contributed by atoms with Gasteiger partial charge in [-0.3, -0.25) is 9.69 Å². The van der Waals surface area contributed by atoms with E-state index in [-0.39, 0.29) is 17.5 Å². The second kappa shape index (κ2) is 6.75. The average molecular weight is 277 g/mol. The molecule has 1 amide bonds. The van der Waals surface area contributed by atoms with Crippen molar-refractivity contribution in [2.24, 2.45) is 0 Å². The lowest BCUT2D eigenvalue weighted by Gasteiger charge is -2.30. The van der Waals surface area contributed by atoms with Gasteiger partial charge in [-0.2, -0.15) is 0 Å². The molecule has 1 atom stereocenters. The maximum atomic E-state index is 12.2. The van der Waals surface area contributed by atoms with E-state index in [0.717, 1.165) is 17.7 Å². The first-order valence-corrected chi connectivity index (χ1v) is 7.12. The Hall–Kier alpha value is -1.55. The number of hydrogen-bond acceptors (Lipinski definition) is 3. The maximum Gasteiger partial charge on any atom is 0.237 e. The number of nitrogen functional groups attached to an aromatic ring is 1. The first kappa shape index (κ1) is 16.5. The number of rotatable bonds is 6. The zero-order chi connectivity index (χ0) is 15.3. The van der Waals surface area contributed by atoms with Gasteiger partial charge in [-0.05, 0) is 51.9 Å². The van der Waals surface area contributed by atoms with Gasteiger partial charge in [0.15, 0.2) is 0 Å². The van der Waals surface area contributed by atoms with E-state index in [1.165, 1.54) is 0 Å². The van der Waals surface area contributed by atoms with Gasteiger partial charge in [0, 0.05) is 17.8 Å². The van der Waals surface area contributed by atoms with E-state index in [4.69, 9.17) is 5.73 Å². The molecule has 112 valence electrons. The van der Waals surface area contributed by atoms with E-state index >= 15 is 0 Å². The average Bonchev–Trinajstić information content (AvgIpc) is 2.37. The van der Waals surface area contributed by atoms with Crippen LogP contribution in [0.2, 0.25) is 0 Å². The third-order valence-corrected chi connectivity index (χ3v) is 3.77. The molecule has 0 heterocycles. The molecule has 1 aromatic rings. The summed E-state index contributed by atoms with van der Waals surface area (Å²) in [7, 11) is 1.95. The lowest BCUT2D eigenvalue weighted by atomic mass is 10.0. The molecule has 0 saturated carbocycles. The summed E-state index contributed by atoms with van der Waals surface area (Å²) in [5.41, 5.74) is 7.47. The van der Waals surface area contributed by atoms with Crippen molar-refractivity contribution in [1.29, 1.82) is 0 Å². The monoisotopic (exact) mass is 277 g/mol. The Balaban J connectivity index is 2.62. The fourth-order valence-electron chi connectivity index (χ4n) is 1.84. The van der Waals surface area contributed by atoms with Gasteiger partial charge in [0.25, 0.3) is 0 Å². The van der Waals surface area contributed by atoms with Gasteiger partial charge in [-0.25, -0.2) is 0 Å². The normalized spacial score (nSPS) is 13.3. The lowest BCUT2D eigenvalue weighted by molar-refractivity contribution is -0.127. The number of benzene rings is 1. The molecule has 1 rings (SSSR count). The third kappa shape index (κ3) is 4.85. The molecule has 1 unspecified atom stereocenters. The van der Waals surface area contributed by atoms with Crippen molar-refractivity contribution in [2.75, 3.05) is 12.8 Å². The zero-order valence-corrected chi connectivity index (χ0v) is 13.2. The molecule has 0 spiro atoms. The summed E-state index contributed by atoms with van der Waals surface area (Å²) in [5.74, 6) is 0.0586. The molecule has 20 heavy (non-hydrogen) atoms. The van der Waals surface area contributed by atoms with Gasteiger partial charge in [0.05, 0.1) is 6.04 Å². The van der Waals surface area contributed by atoms with E-state index in [9.17, 15) is 4.79 Å². The number of hydrogen-bond donors (Lipinski definition) is 2. The molecule has 4 heteroatoms. The van der Waals surface area contributed by atoms with Crippen LogP contribution in [0.4, 0.5) is 5.69 Å². The Kier molecular flexibility index (Phi) is 5.57. The summed E-state index contributed by atoms with van der Waals surface area (Å²) in [5, 5.41) is 3.08. The maximum absolute atomic E-state index is 12.2. The molecular weight excluding hydrogens is 250 g/mol. The highest BCUT2D eigenvalue weighted by Crippen LogP contribution is 2.12. The van der Waals surface area contributed by atoms with E-state index < -0.39 is 0 Å². The number of anilines is 1. The third-order valence-electron chi connectivity index (χ3n) is 3.77. The molecule has 0 aliphatic carbocycles. The van der Waals surface area contributed by atoms with Crippen molar-refractivity contribution in [2.45, 2.75) is 52.2 Å². The van der Waals surface area contributed by atoms with E-state index in [1.54, 1.807) is 0 Å². The minimum Gasteiger partial charge on any atom is -0.399 e. The molecule has 0 bridgehead atoms. The predicted octanol–water partition coefficient (Wildman–Crippen LogP) is 2.39. The molecule has 0 aliphatic rings. The van der Waals surface area contributed by atoms with E-state index in [2.05, 4.69) is 12.2 Å². The Labute approximate surface area is 122 Å². The molecule has 0 aliphatic heterocycles. The number of nitrogens with two attached hydrogens (primary N) is 1. The van der Waals surface area contributed by atoms with Gasteiger partial charge in [-0.15, -0.1) is 0 Å². The second-order valence-electron chi connectivity index (χ2n) is 6.06. The van der Waals surface area contributed by atoms with Gasteiger partial charge in [0.1, 0.15) is 0 Å². The van der Waals surface area contributed by atoms with Crippen molar-refractivity contribution < 1.29 is 4.79 Å². The minimum absolute atomic E-state index is 0.0586. The van der Waals surface area contributed by atoms with Gasteiger partial charge in [0.2, 0.25) is 5.91 Å². The summed E-state index contributed by atoms with van der Waals surface area (Å²) in [6, 6.07) is 7.58. The Morgan fingerprint density at radius 1 is 1.45 bits per heavy atom. The SMILES string of the molecule is CCC(C)(C)NC(=O)C(C)N(C)Cc1cccc(N)c1. The fourth-order valence-corrected chi connectivity index (χ4v) is 1.84. The zero-order valence-electron chi connectivity index (χ0n) is 13.2. The first-order chi connectivity index (χ1) is 9.25. The van der Waals surface area contributed by atoms with E-state index in [0.29, 0.717) is 6.54 Å². The first-order valence-electron chi connectivity index (χ1n) is 7.12. The Morgan fingerprint density at radius 3 is 2.65 bits per heavy atom. The van der Waals surface area contributed by atoms with Crippen LogP contribution in [-0.2, 0) is 11.3 Å². The number of carbonyl (C=O) groups is 1. The largest absolute Gasteiger partial charge is 0.399 e. The van der Waals surface area contributed by atoms with Gasteiger partial charge < -0.3 is 11.1 Å². The van der Waals surface area contributed by atoms with Crippen LogP contribution in [0.25, 0.3) is 0 Å². The molecule has 4 nitrogen and oxygen atoms in total. The van der Waals surface area contributed by atoms with Crippen LogP contribution >= 0.6 is 0 Å². The smallest absolute Gasteiger partial charge is 0.237 e. The number of nitrogens with one attached hydrogen (secondary N) is 1. The molecule has 0 radical (unpaired) electrons. The summed E-state index contributed by atoms with van der Waals surface area (Å²) < 4.78 is 0. The van der Waals surface area contributed by atoms with Crippen molar-refractivity contribution in [1.82, 2.24) is 10.2 Å². The van der Waals surface area contributed by atoms with Gasteiger partial charge >= 0.3 is 0 Å². The lowest BCUT2D eigenvalue weighted by Crippen LogP contribution is -2.50. The standard InChI is InChI=1S/C16H27N3O/c1-6-16(3,4)18-15(20)12(2)19(5)11-13-8-7-9-14(17)10-13/h7-10,12H,6,11,17H2,1-5H3,(H,18,20). The molecular formula is C16H27N3O. The van der Waals surface area contributed by atoms with Crippen LogP contribution in [0, 0.1) is 0 Å². The molecule has 1 aromatic carbocycles. The highest BCUT2D eigenvalue weighted by molar-refractivity contribution is 5.81. The van der Waals surface area contributed by atoms with Crippen LogP contribution in [0.15, 0.2) is 24.3 Å². The highest BCUT2D eigenvalue weighted by Gasteiger charge is 2.24. The van der Waals surface area contributed by atoms with Crippen LogP contribution < -0.4 is 11.1 Å². The molecule has 0 fully saturated rings. The van der Waals surface area contributed by atoms with Crippen LogP contribution in [0.1, 0.15) is 39.7 Å². The number of amides is 1. The number of carbonyl (C=O) groups excluding carboxylic acids is 1.